The Labute approximate surface area is 191 Å². The number of hydrogen-bond acceptors (Lipinski definition) is 9. The molecule has 14 N–H and O–H groups in total. The first-order valence-corrected chi connectivity index (χ1v) is 10.0. The summed E-state index contributed by atoms with van der Waals surface area (Å²) in [5, 5.41) is 34.0. The van der Waals surface area contributed by atoms with Gasteiger partial charge in [-0.3, -0.25) is 19.2 Å². The number of carboxylic acid groups (broad SMARTS) is 3. The number of unbranched alkanes of at least 4 members (excludes halogenated alkanes) is 1. The molecule has 1 aromatic rings. The summed E-state index contributed by atoms with van der Waals surface area (Å²) in [4.78, 5) is 40.7. The Morgan fingerprint density at radius 1 is 0.758 bits per heavy atom. The molecule has 0 radical (unpaired) electrons. The summed E-state index contributed by atoms with van der Waals surface area (Å²) in [7, 11) is 0. The van der Waals surface area contributed by atoms with E-state index < -0.39 is 41.9 Å². The zero-order chi connectivity index (χ0) is 26.0. The number of carbonyl (C=O) groups is 4. The van der Waals surface area contributed by atoms with Crippen molar-refractivity contribution in [1.29, 1.82) is 0 Å². The molecule has 0 heterocycles. The molecule has 0 aromatic heterocycles. The lowest BCUT2D eigenvalue weighted by Gasteiger charge is -2.05. The number of carboxylic acids is 3. The third-order valence-corrected chi connectivity index (χ3v) is 4.01. The number of rotatable bonds is 12. The van der Waals surface area contributed by atoms with E-state index in [0.29, 0.717) is 13.0 Å². The number of phenolic OH excluding ortho intramolecular Hbond substituents is 1. The summed E-state index contributed by atoms with van der Waals surface area (Å²) in [5.74, 6) is -3.43. The molecule has 33 heavy (non-hydrogen) atoms. The number of benzene rings is 1. The SMILES string of the molecule is NC(=O)CCC(N)C(=O)O.NC(Cc1ccc(O)cc1)C(=O)O.NCCCCC(N)C(=O)O. The van der Waals surface area contributed by atoms with Crippen molar-refractivity contribution < 1.29 is 39.6 Å². The third kappa shape index (κ3) is 19.2. The fourth-order valence-corrected chi connectivity index (χ4v) is 2.03. The minimum atomic E-state index is -1.11. The van der Waals surface area contributed by atoms with Gasteiger partial charge in [-0.05, 0) is 49.9 Å². The van der Waals surface area contributed by atoms with Gasteiger partial charge in [-0.1, -0.05) is 18.6 Å². The fraction of sp³-hybridized carbons (Fsp3) is 0.500. The summed E-state index contributed by atoms with van der Waals surface area (Å²) < 4.78 is 0. The molecule has 3 atom stereocenters. The summed E-state index contributed by atoms with van der Waals surface area (Å²) in [5.41, 5.74) is 26.4. The predicted octanol–water partition coefficient (Wildman–Crippen LogP) is -1.46. The highest BCUT2D eigenvalue weighted by Crippen LogP contribution is 2.10. The molecule has 0 fully saturated rings. The Kier molecular flexibility index (Phi) is 17.7. The van der Waals surface area contributed by atoms with Gasteiger partial charge in [0.15, 0.2) is 0 Å². The quantitative estimate of drug-likeness (QED) is 0.157. The molecule has 13 heteroatoms. The van der Waals surface area contributed by atoms with Gasteiger partial charge in [0.1, 0.15) is 23.9 Å². The number of aromatic hydroxyl groups is 1. The normalized spacial score (nSPS) is 12.6. The number of aliphatic carboxylic acids is 3. The topological polar surface area (TPSA) is 279 Å². The molecule has 0 bridgehead atoms. The lowest BCUT2D eigenvalue weighted by molar-refractivity contribution is -0.139. The average Bonchev–Trinajstić information content (AvgIpc) is 2.74. The molecule has 0 aliphatic carbocycles. The molecule has 1 aromatic carbocycles. The van der Waals surface area contributed by atoms with E-state index in [0.717, 1.165) is 18.4 Å². The summed E-state index contributed by atoms with van der Waals surface area (Å²) in [6.07, 6.45) is 2.56. The van der Waals surface area contributed by atoms with Crippen LogP contribution in [-0.2, 0) is 25.6 Å². The van der Waals surface area contributed by atoms with Gasteiger partial charge in [-0.25, -0.2) is 0 Å². The van der Waals surface area contributed by atoms with Crippen molar-refractivity contribution in [2.75, 3.05) is 6.54 Å². The van der Waals surface area contributed by atoms with Crippen LogP contribution >= 0.6 is 0 Å². The summed E-state index contributed by atoms with van der Waals surface area (Å²) in [6.45, 7) is 0.604. The minimum Gasteiger partial charge on any atom is -0.508 e. The molecule has 0 spiro atoms. The Bertz CT molecular complexity index is 730. The first-order chi connectivity index (χ1) is 15.3. The van der Waals surface area contributed by atoms with Crippen molar-refractivity contribution in [2.45, 2.75) is 56.7 Å². The van der Waals surface area contributed by atoms with Crippen LogP contribution < -0.4 is 28.7 Å². The Morgan fingerprint density at radius 3 is 1.61 bits per heavy atom. The molecular formula is C20H35N5O8. The van der Waals surface area contributed by atoms with Gasteiger partial charge in [0.05, 0.1) is 0 Å². The van der Waals surface area contributed by atoms with Crippen LogP contribution in [0, 0.1) is 0 Å². The van der Waals surface area contributed by atoms with Gasteiger partial charge in [0.2, 0.25) is 5.91 Å². The maximum Gasteiger partial charge on any atom is 0.320 e. The number of phenols is 1. The van der Waals surface area contributed by atoms with Crippen LogP contribution in [0.2, 0.25) is 0 Å². The molecule has 188 valence electrons. The molecular weight excluding hydrogens is 438 g/mol. The summed E-state index contributed by atoms with van der Waals surface area (Å²) >= 11 is 0. The number of primary amides is 1. The van der Waals surface area contributed by atoms with Gasteiger partial charge in [0, 0.05) is 6.42 Å². The van der Waals surface area contributed by atoms with Crippen LogP contribution in [0.15, 0.2) is 24.3 Å². The van der Waals surface area contributed by atoms with Crippen LogP contribution in [0.3, 0.4) is 0 Å². The van der Waals surface area contributed by atoms with E-state index in [-0.39, 0.29) is 25.0 Å². The van der Waals surface area contributed by atoms with E-state index in [1.165, 1.54) is 12.1 Å². The molecule has 0 aliphatic rings. The lowest BCUT2D eigenvalue weighted by Crippen LogP contribution is -2.32. The Balaban J connectivity index is 0. The maximum absolute atomic E-state index is 10.4. The van der Waals surface area contributed by atoms with Gasteiger partial charge in [-0.2, -0.15) is 0 Å². The van der Waals surface area contributed by atoms with E-state index in [1.807, 2.05) is 0 Å². The van der Waals surface area contributed by atoms with Crippen molar-refractivity contribution in [3.8, 4) is 5.75 Å². The highest BCUT2D eigenvalue weighted by molar-refractivity contribution is 5.77. The van der Waals surface area contributed by atoms with Crippen molar-refractivity contribution in [3.63, 3.8) is 0 Å². The van der Waals surface area contributed by atoms with Gasteiger partial charge in [-0.15, -0.1) is 0 Å². The number of hydrogen-bond donors (Lipinski definition) is 9. The zero-order valence-electron chi connectivity index (χ0n) is 18.3. The first kappa shape index (κ1) is 31.9. The average molecular weight is 474 g/mol. The number of amides is 1. The smallest absolute Gasteiger partial charge is 0.320 e. The van der Waals surface area contributed by atoms with Gasteiger partial charge >= 0.3 is 17.9 Å². The molecule has 13 nitrogen and oxygen atoms in total. The Morgan fingerprint density at radius 2 is 1.21 bits per heavy atom. The fourth-order valence-electron chi connectivity index (χ4n) is 2.03. The van der Waals surface area contributed by atoms with E-state index in [9.17, 15) is 19.2 Å². The highest BCUT2D eigenvalue weighted by Gasteiger charge is 2.12. The lowest BCUT2D eigenvalue weighted by atomic mass is 10.1. The van der Waals surface area contributed by atoms with E-state index >= 15 is 0 Å². The van der Waals surface area contributed by atoms with Gasteiger partial charge in [0.25, 0.3) is 0 Å². The van der Waals surface area contributed by atoms with Crippen LogP contribution in [0.25, 0.3) is 0 Å². The van der Waals surface area contributed by atoms with E-state index in [4.69, 9.17) is 49.1 Å². The second-order valence-electron chi connectivity index (χ2n) is 6.99. The largest absolute Gasteiger partial charge is 0.508 e. The second kappa shape index (κ2) is 18.3. The van der Waals surface area contributed by atoms with Crippen LogP contribution in [0.4, 0.5) is 0 Å². The monoisotopic (exact) mass is 473 g/mol. The number of carbonyl (C=O) groups excluding carboxylic acids is 1. The summed E-state index contributed by atoms with van der Waals surface area (Å²) in [6, 6.07) is 3.73. The molecule has 0 aliphatic heterocycles. The molecule has 0 saturated heterocycles. The van der Waals surface area contributed by atoms with Crippen LogP contribution in [0.5, 0.6) is 5.75 Å². The minimum absolute atomic E-state index is 0.0213. The molecule has 1 amide bonds. The van der Waals surface area contributed by atoms with Crippen LogP contribution in [-0.4, -0.2) is 68.9 Å². The highest BCUT2D eigenvalue weighted by atomic mass is 16.4. The van der Waals surface area contributed by atoms with Gasteiger partial charge < -0.3 is 49.1 Å². The predicted molar refractivity (Wildman–Crippen MR) is 120 cm³/mol. The maximum atomic E-state index is 10.4. The van der Waals surface area contributed by atoms with Crippen molar-refractivity contribution in [1.82, 2.24) is 0 Å². The van der Waals surface area contributed by atoms with Crippen molar-refractivity contribution in [3.05, 3.63) is 29.8 Å². The second-order valence-corrected chi connectivity index (χ2v) is 6.99. The van der Waals surface area contributed by atoms with Crippen LogP contribution in [0.1, 0.15) is 37.7 Å². The standard InChI is InChI=1S/C9H11NO3.C6H14N2O2.C5H10N2O3/c10-8(9(12)13)5-6-1-3-7(11)4-2-6;7-4-2-1-3-5(8)6(9)10;6-3(5(9)10)1-2-4(7)8/h1-4,8,11H,5,10H2,(H,12,13);5H,1-4,7-8H2,(H,9,10);3H,1-2,6H2,(H2,7,8)(H,9,10). The number of nitrogens with two attached hydrogens (primary N) is 5. The van der Waals surface area contributed by atoms with Crippen molar-refractivity contribution >= 4 is 23.8 Å². The zero-order valence-corrected chi connectivity index (χ0v) is 18.3. The molecule has 3 unspecified atom stereocenters. The Hall–Kier alpha value is -3.26. The molecule has 0 saturated carbocycles. The van der Waals surface area contributed by atoms with E-state index in [2.05, 4.69) is 0 Å². The molecule has 1 rings (SSSR count). The first-order valence-electron chi connectivity index (χ1n) is 10.0. The van der Waals surface area contributed by atoms with E-state index in [1.54, 1.807) is 12.1 Å². The third-order valence-electron chi connectivity index (χ3n) is 4.01. The van der Waals surface area contributed by atoms with Crippen molar-refractivity contribution in [2.24, 2.45) is 28.7 Å².